The highest BCUT2D eigenvalue weighted by atomic mass is 35.5. The summed E-state index contributed by atoms with van der Waals surface area (Å²) in [6, 6.07) is 116. The Balaban J connectivity index is 0.000000143. The maximum Gasteiger partial charge on any atom is 0.488 e. The molecule has 0 saturated heterocycles. The van der Waals surface area contributed by atoms with Crippen LogP contribution in [0.15, 0.2) is 355 Å². The second-order valence-corrected chi connectivity index (χ2v) is 25.5. The highest BCUT2D eigenvalue weighted by molar-refractivity contribution is 6.58. The van der Waals surface area contributed by atoms with Gasteiger partial charge in [0.25, 0.3) is 0 Å². The molecule has 4 heterocycles. The number of hydrogen-bond acceptors (Lipinski definition) is 10. The van der Waals surface area contributed by atoms with Gasteiger partial charge < -0.3 is 18.9 Å². The maximum atomic E-state index is 8.94. The number of rotatable bonds is 12. The van der Waals surface area contributed by atoms with E-state index in [1.165, 1.54) is 22.3 Å². The van der Waals surface area contributed by atoms with Crippen molar-refractivity contribution >= 4 is 79.7 Å². The van der Waals surface area contributed by atoms with Crippen molar-refractivity contribution in [2.24, 2.45) is 0 Å². The van der Waals surface area contributed by atoms with Gasteiger partial charge in [-0.3, -0.25) is 0 Å². The average molecular weight is 1370 g/mol. The molecule has 0 aliphatic heterocycles. The molecule has 18 aromatic rings. The molecule has 103 heavy (non-hydrogen) atoms. The monoisotopic (exact) mass is 1370 g/mol. The van der Waals surface area contributed by atoms with Crippen molar-refractivity contribution in [3.8, 4) is 124 Å². The maximum absolute atomic E-state index is 8.94. The first-order valence-corrected chi connectivity index (χ1v) is 34.3. The first kappa shape index (κ1) is 64.9. The Morgan fingerprint density at radius 1 is 0.233 bits per heavy atom. The smallest absolute Gasteiger partial charge is 0.455 e. The fourth-order valence-corrected chi connectivity index (χ4v) is 13.2. The summed E-state index contributed by atoms with van der Waals surface area (Å²) in [5.74, 6) is 3.62. The van der Waals surface area contributed by atoms with Crippen molar-refractivity contribution in [3.05, 3.63) is 356 Å². The zero-order valence-electron chi connectivity index (χ0n) is 55.1. The second-order valence-electron chi connectivity index (χ2n) is 24.6. The van der Waals surface area contributed by atoms with E-state index in [1.54, 1.807) is 18.2 Å². The lowest BCUT2D eigenvalue weighted by Crippen LogP contribution is -2.29. The number of nitrogens with zero attached hydrogens (tertiary/aromatic N) is 6. The Morgan fingerprint density at radius 3 is 0.874 bits per heavy atom. The van der Waals surface area contributed by atoms with Gasteiger partial charge in [-0.1, -0.05) is 320 Å². The van der Waals surface area contributed by atoms with Crippen LogP contribution >= 0.6 is 23.2 Å². The average Bonchev–Trinajstić information content (AvgIpc) is 1.63. The van der Waals surface area contributed by atoms with Gasteiger partial charge in [0.2, 0.25) is 0 Å². The van der Waals surface area contributed by atoms with E-state index < -0.39 is 7.12 Å². The molecule has 0 aliphatic rings. The Morgan fingerprint density at radius 2 is 0.515 bits per heavy atom. The minimum Gasteiger partial charge on any atom is -0.455 e. The molecule has 0 unspecified atom stereocenters. The number of fused-ring (bicyclic) bond motifs is 6. The van der Waals surface area contributed by atoms with E-state index in [-0.39, 0.29) is 0 Å². The highest BCUT2D eigenvalue weighted by Crippen LogP contribution is 2.43. The molecule has 0 bridgehead atoms. The summed E-state index contributed by atoms with van der Waals surface area (Å²) in [5, 5.41) is 22.8. The van der Waals surface area contributed by atoms with Gasteiger partial charge in [0.15, 0.2) is 40.5 Å². The van der Waals surface area contributed by atoms with Crippen LogP contribution < -0.4 is 5.46 Å². The number of aromatic nitrogens is 6. The van der Waals surface area contributed by atoms with Crippen molar-refractivity contribution in [3.63, 3.8) is 0 Å². The van der Waals surface area contributed by atoms with Crippen LogP contribution in [-0.2, 0) is 0 Å². The third-order valence-electron chi connectivity index (χ3n) is 17.9. The van der Waals surface area contributed by atoms with Crippen LogP contribution in [0.2, 0.25) is 10.0 Å². The van der Waals surface area contributed by atoms with Crippen LogP contribution in [0.25, 0.3) is 168 Å². The van der Waals surface area contributed by atoms with Gasteiger partial charge in [-0.25, -0.2) is 29.9 Å². The molecule has 0 atom stereocenters. The lowest BCUT2D eigenvalue weighted by atomic mass is 9.80. The zero-order chi connectivity index (χ0) is 69.6. The second kappa shape index (κ2) is 29.2. The molecule has 0 saturated carbocycles. The SMILES string of the molecule is Clc1cc(Cl)c2oc3cc(-c4nc(-c5ccccc5)nc(-c5ccccc5)n4)ccc3c2c1.OB(O)c1ccc(-c2ccccc2)cc1.c1ccc(-c2ccc(-c3cc(-c4ccc(-c5ccccc5)cc4)c4oc5cc(-c6nc(-c7ccccc7)nc(-c7ccccc7)n6)ccc5c4c3)cc2)cc1. The van der Waals surface area contributed by atoms with Crippen LogP contribution in [0, 0.1) is 0 Å². The van der Waals surface area contributed by atoms with E-state index in [4.69, 9.17) is 72.0 Å². The number of hydrogen-bond donors (Lipinski definition) is 2. The zero-order valence-corrected chi connectivity index (χ0v) is 56.6. The van der Waals surface area contributed by atoms with Gasteiger partial charge in [0.1, 0.15) is 16.7 Å². The van der Waals surface area contributed by atoms with Crippen LogP contribution in [0.5, 0.6) is 0 Å². The first-order chi connectivity index (χ1) is 50.7. The highest BCUT2D eigenvalue weighted by Gasteiger charge is 2.21. The predicted molar refractivity (Wildman–Crippen MR) is 420 cm³/mol. The molecule has 0 amide bonds. The summed E-state index contributed by atoms with van der Waals surface area (Å²) in [4.78, 5) is 29.1. The summed E-state index contributed by atoms with van der Waals surface area (Å²) in [6.45, 7) is 0. The van der Waals surface area contributed by atoms with E-state index in [9.17, 15) is 0 Å². The minimum absolute atomic E-state index is 0.480. The predicted octanol–water partition coefficient (Wildman–Crippen LogP) is 22.6. The molecule has 490 valence electrons. The molecule has 0 spiro atoms. The Bertz CT molecular complexity index is 5890. The van der Waals surface area contributed by atoms with Crippen molar-refractivity contribution in [1.82, 2.24) is 29.9 Å². The van der Waals surface area contributed by atoms with E-state index >= 15 is 0 Å². The molecule has 13 heteroatoms. The summed E-state index contributed by atoms with van der Waals surface area (Å²) in [7, 11) is -1.39. The molecule has 14 aromatic carbocycles. The molecule has 2 N–H and O–H groups in total. The topological polar surface area (TPSA) is 144 Å². The fraction of sp³-hybridized carbons (Fsp3) is 0. The van der Waals surface area contributed by atoms with Gasteiger partial charge in [0, 0.05) is 65.5 Å². The van der Waals surface area contributed by atoms with Crippen molar-refractivity contribution in [2.45, 2.75) is 0 Å². The van der Waals surface area contributed by atoms with Crippen molar-refractivity contribution < 1.29 is 18.9 Å². The van der Waals surface area contributed by atoms with Crippen LogP contribution in [0.3, 0.4) is 0 Å². The van der Waals surface area contributed by atoms with Crippen LogP contribution in [-0.4, -0.2) is 47.1 Å². The van der Waals surface area contributed by atoms with Crippen molar-refractivity contribution in [2.75, 3.05) is 0 Å². The number of halogens is 2. The Labute approximate surface area is 604 Å². The van der Waals surface area contributed by atoms with Gasteiger partial charge in [-0.15, -0.1) is 0 Å². The summed E-state index contributed by atoms with van der Waals surface area (Å²) < 4.78 is 12.9. The third kappa shape index (κ3) is 14.1. The minimum atomic E-state index is -1.39. The van der Waals surface area contributed by atoms with Gasteiger partial charge in [0.05, 0.1) is 5.02 Å². The lowest BCUT2D eigenvalue weighted by Gasteiger charge is -2.10. The summed E-state index contributed by atoms with van der Waals surface area (Å²) >= 11 is 12.6. The molecular formula is C90H59BCl2N6O4. The first-order valence-electron chi connectivity index (χ1n) is 33.6. The Hall–Kier alpha value is -12.7. The van der Waals surface area contributed by atoms with E-state index in [0.717, 1.165) is 99.5 Å². The van der Waals surface area contributed by atoms with Crippen LogP contribution in [0.1, 0.15) is 0 Å². The molecule has 0 fully saturated rings. The quantitative estimate of drug-likeness (QED) is 0.113. The number of furan rings is 2. The molecule has 0 radical (unpaired) electrons. The summed E-state index contributed by atoms with van der Waals surface area (Å²) in [5.41, 5.74) is 20.1. The molecule has 18 rings (SSSR count). The molecule has 0 aliphatic carbocycles. The normalized spacial score (nSPS) is 11.1. The third-order valence-corrected chi connectivity index (χ3v) is 18.4. The standard InChI is InChI=1S/C51H33N3O.C27H15Cl2N3O.C12H11BO2/c1-5-13-34(14-6-1)36-21-23-38(24-22-36)43-31-45(39-27-25-37(26-28-39)35-15-7-2-8-16-35)48-46(32-43)44-30-29-42(33-47(44)55-48)51-53-49(40-17-9-3-10-18-40)52-50(54-51)41-19-11-4-12-20-41;28-19-14-21-20-12-11-18(13-23(20)33-24(21)22(29)15-19)27-31-25(16-7-3-1-4-8-16)30-26(32-27)17-9-5-2-6-10-17;14-13(15)12-8-6-11(7-9-12)10-4-2-1-3-5-10/h1-33H;1-15H;1-9,14-15H. The van der Waals surface area contributed by atoms with E-state index in [1.807, 2.05) is 200 Å². The van der Waals surface area contributed by atoms with E-state index in [0.29, 0.717) is 61.6 Å². The summed E-state index contributed by atoms with van der Waals surface area (Å²) in [6.07, 6.45) is 0. The largest absolute Gasteiger partial charge is 0.488 e. The van der Waals surface area contributed by atoms with Gasteiger partial charge >= 0.3 is 7.12 Å². The van der Waals surface area contributed by atoms with Crippen molar-refractivity contribution in [1.29, 1.82) is 0 Å². The molecule has 10 nitrogen and oxygen atoms in total. The van der Waals surface area contributed by atoms with Gasteiger partial charge in [-0.2, -0.15) is 0 Å². The fourth-order valence-electron chi connectivity index (χ4n) is 12.7. The number of benzene rings is 14. The Kier molecular flexibility index (Phi) is 18.4. The van der Waals surface area contributed by atoms with Crippen LogP contribution in [0.4, 0.5) is 0 Å². The lowest BCUT2D eigenvalue weighted by molar-refractivity contribution is 0.426. The molecular weight excluding hydrogens is 1310 g/mol. The molecule has 4 aromatic heterocycles. The van der Waals surface area contributed by atoms with E-state index in [2.05, 4.69) is 127 Å². The van der Waals surface area contributed by atoms with Gasteiger partial charge in [-0.05, 0) is 104 Å².